The van der Waals surface area contributed by atoms with Gasteiger partial charge in [0.05, 0.1) is 17.8 Å². The molecule has 2 N–H and O–H groups in total. The Labute approximate surface area is 161 Å². The fraction of sp³-hybridized carbons (Fsp3) is 0.222. The summed E-state index contributed by atoms with van der Waals surface area (Å²) in [7, 11) is 0. The molecule has 2 aromatic carbocycles. The molecule has 0 heterocycles. The van der Waals surface area contributed by atoms with Crippen LogP contribution in [0.5, 0.6) is 17.2 Å². The van der Waals surface area contributed by atoms with Gasteiger partial charge in [-0.2, -0.15) is 5.10 Å². The molecule has 2 aromatic rings. The molecule has 0 fully saturated rings. The third-order valence-corrected chi connectivity index (χ3v) is 3.97. The number of amides is 1. The van der Waals surface area contributed by atoms with Gasteiger partial charge < -0.3 is 14.6 Å². The van der Waals surface area contributed by atoms with Gasteiger partial charge in [0.1, 0.15) is 5.75 Å². The second-order valence-corrected chi connectivity index (χ2v) is 6.09. The molecule has 0 aromatic heterocycles. The Kier molecular flexibility index (Phi) is 7.12. The predicted molar refractivity (Wildman–Crippen MR) is 102 cm³/mol. The minimum absolute atomic E-state index is 0.130. The highest BCUT2D eigenvalue weighted by Gasteiger charge is 2.09. The van der Waals surface area contributed by atoms with Crippen LogP contribution in [0, 0.1) is 6.92 Å². The monoisotopic (exact) mass is 396 g/mol. The molecule has 26 heavy (non-hydrogen) atoms. The van der Waals surface area contributed by atoms with E-state index < -0.39 is 5.91 Å². The molecule has 0 aliphatic rings. The minimum atomic E-state index is -0.427. The number of nitrogens with zero attached hydrogens (tertiary/aromatic N) is 1. The lowest BCUT2D eigenvalue weighted by molar-refractivity contribution is -0.123. The van der Waals surface area contributed by atoms with Gasteiger partial charge in [-0.25, -0.2) is 5.43 Å². The molecule has 0 unspecified atom stereocenters. The van der Waals surface area contributed by atoms with Crippen molar-refractivity contribution in [1.29, 1.82) is 0 Å². The molecule has 138 valence electrons. The first kappa shape index (κ1) is 19.9. The number of rotatable bonds is 7. The lowest BCUT2D eigenvalue weighted by Gasteiger charge is -2.08. The van der Waals surface area contributed by atoms with E-state index in [0.29, 0.717) is 22.9 Å². The molecule has 0 aliphatic carbocycles. The molecular weight excluding hydrogens is 379 g/mol. The zero-order valence-electron chi connectivity index (χ0n) is 14.3. The van der Waals surface area contributed by atoms with E-state index in [-0.39, 0.29) is 23.1 Å². The van der Waals surface area contributed by atoms with E-state index >= 15 is 0 Å². The molecule has 1 amide bonds. The quantitative estimate of drug-likeness (QED) is 0.548. The zero-order chi connectivity index (χ0) is 19.1. The average molecular weight is 397 g/mol. The Hall–Kier alpha value is -2.44. The van der Waals surface area contributed by atoms with Crippen LogP contribution in [0.3, 0.4) is 0 Å². The summed E-state index contributed by atoms with van der Waals surface area (Å²) in [5, 5.41) is 14.4. The van der Waals surface area contributed by atoms with Gasteiger partial charge in [-0.05, 0) is 55.3 Å². The number of benzene rings is 2. The molecule has 0 saturated heterocycles. The van der Waals surface area contributed by atoms with Gasteiger partial charge >= 0.3 is 0 Å². The predicted octanol–water partition coefficient (Wildman–Crippen LogP) is 3.94. The second kappa shape index (κ2) is 9.31. The van der Waals surface area contributed by atoms with Crippen LogP contribution in [0.4, 0.5) is 0 Å². The Bertz CT molecular complexity index is 825. The Morgan fingerprint density at radius 3 is 2.69 bits per heavy atom. The number of nitrogens with one attached hydrogen (secondary N) is 1. The number of ether oxygens (including phenoxy) is 2. The van der Waals surface area contributed by atoms with Crippen molar-refractivity contribution in [1.82, 2.24) is 5.43 Å². The number of hydrogen-bond acceptors (Lipinski definition) is 5. The molecular formula is C18H18Cl2N2O4. The van der Waals surface area contributed by atoms with Crippen LogP contribution in [0.2, 0.25) is 10.0 Å². The molecule has 0 radical (unpaired) electrons. The number of hydrazone groups is 1. The zero-order valence-corrected chi connectivity index (χ0v) is 15.8. The maximum Gasteiger partial charge on any atom is 0.277 e. The van der Waals surface area contributed by atoms with Gasteiger partial charge in [0, 0.05) is 5.02 Å². The lowest BCUT2D eigenvalue weighted by Crippen LogP contribution is -2.24. The van der Waals surface area contributed by atoms with Gasteiger partial charge in [-0.15, -0.1) is 0 Å². The van der Waals surface area contributed by atoms with E-state index in [2.05, 4.69) is 10.5 Å². The summed E-state index contributed by atoms with van der Waals surface area (Å²) in [5.41, 5.74) is 3.77. The van der Waals surface area contributed by atoms with Crippen molar-refractivity contribution in [3.05, 3.63) is 51.5 Å². The van der Waals surface area contributed by atoms with Crippen molar-refractivity contribution >= 4 is 35.3 Å². The highest BCUT2D eigenvalue weighted by Crippen LogP contribution is 2.34. The molecule has 0 atom stereocenters. The van der Waals surface area contributed by atoms with Gasteiger partial charge in [-0.1, -0.05) is 23.2 Å². The Morgan fingerprint density at radius 1 is 1.23 bits per heavy atom. The molecule has 8 heteroatoms. The highest BCUT2D eigenvalue weighted by atomic mass is 35.5. The summed E-state index contributed by atoms with van der Waals surface area (Å²) in [6.45, 7) is 3.82. The summed E-state index contributed by atoms with van der Waals surface area (Å²) in [5.74, 6) is 0.219. The number of aromatic hydroxyl groups is 1. The van der Waals surface area contributed by atoms with E-state index in [0.717, 1.165) is 5.56 Å². The molecule has 0 saturated carbocycles. The number of halogens is 2. The average Bonchev–Trinajstić information content (AvgIpc) is 2.60. The number of carbonyl (C=O) groups is 1. The van der Waals surface area contributed by atoms with Crippen molar-refractivity contribution in [3.63, 3.8) is 0 Å². The molecule has 0 bridgehead atoms. The third kappa shape index (κ3) is 5.54. The van der Waals surface area contributed by atoms with Crippen LogP contribution in [0.15, 0.2) is 35.4 Å². The first-order chi connectivity index (χ1) is 12.4. The topological polar surface area (TPSA) is 80.2 Å². The number of phenols is 1. The summed E-state index contributed by atoms with van der Waals surface area (Å²) >= 11 is 11.9. The Balaban J connectivity index is 1.91. The first-order valence-electron chi connectivity index (χ1n) is 7.77. The van der Waals surface area contributed by atoms with Crippen LogP contribution in [-0.4, -0.2) is 30.4 Å². The smallest absolute Gasteiger partial charge is 0.277 e. The standard InChI is InChI=1S/C18H18Cl2N2O4/c1-3-25-16-8-12(7-15(20)18(16)24)9-21-22-17(23)10-26-13-4-5-14(19)11(2)6-13/h4-9,24H,3,10H2,1-2H3,(H,22,23). The molecule has 0 aliphatic heterocycles. The second-order valence-electron chi connectivity index (χ2n) is 5.28. The number of carbonyl (C=O) groups excluding carboxylic acids is 1. The SMILES string of the molecule is CCOc1cc(C=NNC(=O)COc2ccc(Cl)c(C)c2)cc(Cl)c1O. The number of hydrogen-bond donors (Lipinski definition) is 2. The van der Waals surface area contributed by atoms with Gasteiger partial charge in [0.15, 0.2) is 18.1 Å². The van der Waals surface area contributed by atoms with Crippen LogP contribution in [0.25, 0.3) is 0 Å². The normalized spacial score (nSPS) is 10.8. The summed E-state index contributed by atoms with van der Waals surface area (Å²) < 4.78 is 10.7. The fourth-order valence-electron chi connectivity index (χ4n) is 2.00. The van der Waals surface area contributed by atoms with E-state index in [1.165, 1.54) is 12.3 Å². The minimum Gasteiger partial charge on any atom is -0.503 e. The Morgan fingerprint density at radius 2 is 2.00 bits per heavy atom. The van der Waals surface area contributed by atoms with Crippen LogP contribution >= 0.6 is 23.2 Å². The van der Waals surface area contributed by atoms with Gasteiger partial charge in [0.2, 0.25) is 0 Å². The maximum absolute atomic E-state index is 11.8. The summed E-state index contributed by atoms with van der Waals surface area (Å²) in [4.78, 5) is 11.8. The van der Waals surface area contributed by atoms with Gasteiger partial charge in [0.25, 0.3) is 5.91 Å². The van der Waals surface area contributed by atoms with Crippen molar-refractivity contribution in [2.75, 3.05) is 13.2 Å². The fourth-order valence-corrected chi connectivity index (χ4v) is 2.34. The third-order valence-electron chi connectivity index (χ3n) is 3.25. The number of aryl methyl sites for hydroxylation is 1. The van der Waals surface area contributed by atoms with Crippen molar-refractivity contribution in [2.45, 2.75) is 13.8 Å². The maximum atomic E-state index is 11.8. The van der Waals surface area contributed by atoms with Gasteiger partial charge in [-0.3, -0.25) is 4.79 Å². The van der Waals surface area contributed by atoms with Crippen LogP contribution in [-0.2, 0) is 4.79 Å². The first-order valence-corrected chi connectivity index (χ1v) is 8.52. The van der Waals surface area contributed by atoms with Crippen molar-refractivity contribution in [2.24, 2.45) is 5.10 Å². The van der Waals surface area contributed by atoms with E-state index in [1.807, 2.05) is 6.92 Å². The molecule has 6 nitrogen and oxygen atoms in total. The molecule has 2 rings (SSSR count). The van der Waals surface area contributed by atoms with E-state index in [4.69, 9.17) is 32.7 Å². The number of phenolic OH excluding ortho intramolecular Hbond substituents is 1. The van der Waals surface area contributed by atoms with Crippen LogP contribution in [0.1, 0.15) is 18.1 Å². The summed E-state index contributed by atoms with van der Waals surface area (Å²) in [6.07, 6.45) is 1.39. The van der Waals surface area contributed by atoms with Crippen LogP contribution < -0.4 is 14.9 Å². The summed E-state index contributed by atoms with van der Waals surface area (Å²) in [6, 6.07) is 8.19. The largest absolute Gasteiger partial charge is 0.503 e. The lowest BCUT2D eigenvalue weighted by atomic mass is 10.2. The van der Waals surface area contributed by atoms with Crippen molar-refractivity contribution in [3.8, 4) is 17.2 Å². The van der Waals surface area contributed by atoms with E-state index in [9.17, 15) is 9.90 Å². The van der Waals surface area contributed by atoms with Crippen molar-refractivity contribution < 1.29 is 19.4 Å². The molecule has 0 spiro atoms. The van der Waals surface area contributed by atoms with E-state index in [1.54, 1.807) is 31.2 Å². The highest BCUT2D eigenvalue weighted by molar-refractivity contribution is 6.32.